The molecule has 0 aromatic carbocycles. The highest BCUT2D eigenvalue weighted by Crippen LogP contribution is 2.38. The van der Waals surface area contributed by atoms with Crippen molar-refractivity contribution in [2.24, 2.45) is 13.0 Å². The molecule has 0 aliphatic heterocycles. The number of thiophene rings is 1. The third-order valence-corrected chi connectivity index (χ3v) is 8.58. The van der Waals surface area contributed by atoms with E-state index in [0.717, 1.165) is 48.6 Å². The summed E-state index contributed by atoms with van der Waals surface area (Å²) in [6, 6.07) is 0. The lowest BCUT2D eigenvalue weighted by molar-refractivity contribution is -0.113. The zero-order valence-electron chi connectivity index (χ0n) is 18.9. The Kier molecular flexibility index (Phi) is 7.88. The highest BCUT2D eigenvalue weighted by molar-refractivity contribution is 7.99. The quantitative estimate of drug-likeness (QED) is 0.436. The third kappa shape index (κ3) is 5.36. The number of amides is 1. The predicted octanol–water partition coefficient (Wildman–Crippen LogP) is 4.79. The number of carbonyl (C=O) groups is 2. The smallest absolute Gasteiger partial charge is 0.341 e. The maximum atomic E-state index is 12.7. The number of hydrogen-bond donors (Lipinski definition) is 1. The largest absolute Gasteiger partial charge is 0.462 e. The van der Waals surface area contributed by atoms with Gasteiger partial charge < -0.3 is 14.6 Å². The Morgan fingerprint density at radius 3 is 2.72 bits per heavy atom. The number of carbonyl (C=O) groups excluding carboxylic acids is 2. The average Bonchev–Trinajstić information content (AvgIpc) is 3.33. The molecule has 2 aliphatic rings. The Morgan fingerprint density at radius 2 is 1.94 bits per heavy atom. The zero-order valence-corrected chi connectivity index (χ0v) is 20.6. The molecule has 2 aromatic heterocycles. The molecule has 2 heterocycles. The van der Waals surface area contributed by atoms with Crippen LogP contribution in [-0.2, 0) is 35.8 Å². The lowest BCUT2D eigenvalue weighted by Gasteiger charge is -2.20. The molecule has 7 nitrogen and oxygen atoms in total. The lowest BCUT2D eigenvalue weighted by atomic mass is 9.87. The molecule has 0 spiro atoms. The van der Waals surface area contributed by atoms with Gasteiger partial charge in [-0.3, -0.25) is 4.79 Å². The Bertz CT molecular complexity index is 963. The molecule has 0 saturated heterocycles. The van der Waals surface area contributed by atoms with Crippen molar-refractivity contribution in [1.82, 2.24) is 14.8 Å². The number of hydrogen-bond acceptors (Lipinski definition) is 7. The van der Waals surface area contributed by atoms with Crippen LogP contribution in [0.5, 0.6) is 0 Å². The van der Waals surface area contributed by atoms with E-state index >= 15 is 0 Å². The van der Waals surface area contributed by atoms with Crippen LogP contribution in [0.25, 0.3) is 0 Å². The van der Waals surface area contributed by atoms with Gasteiger partial charge in [-0.25, -0.2) is 4.79 Å². The molecule has 0 bridgehead atoms. The van der Waals surface area contributed by atoms with Crippen LogP contribution in [0.2, 0.25) is 0 Å². The number of fused-ring (bicyclic) bond motifs is 1. The van der Waals surface area contributed by atoms with Gasteiger partial charge in [-0.05, 0) is 44.1 Å². The molecule has 2 aliphatic carbocycles. The van der Waals surface area contributed by atoms with E-state index in [-0.39, 0.29) is 17.6 Å². The number of rotatable bonds is 8. The first-order valence-corrected chi connectivity index (χ1v) is 13.5. The summed E-state index contributed by atoms with van der Waals surface area (Å²) in [6.07, 6.45) is 11.5. The van der Waals surface area contributed by atoms with Crippen LogP contribution in [0.3, 0.4) is 0 Å². The summed E-state index contributed by atoms with van der Waals surface area (Å²) in [5.74, 6) is 1.43. The molecule has 0 radical (unpaired) electrons. The number of aryl methyl sites for hydroxylation is 1. The van der Waals surface area contributed by atoms with Crippen LogP contribution in [-0.4, -0.2) is 39.0 Å². The van der Waals surface area contributed by atoms with Crippen LogP contribution >= 0.6 is 23.1 Å². The number of esters is 1. The number of nitrogens with one attached hydrogen (secondary N) is 1. The molecule has 4 rings (SSSR count). The van der Waals surface area contributed by atoms with Gasteiger partial charge in [0.05, 0.1) is 17.9 Å². The van der Waals surface area contributed by atoms with E-state index in [2.05, 4.69) is 15.5 Å². The summed E-state index contributed by atoms with van der Waals surface area (Å²) < 4.78 is 7.29. The van der Waals surface area contributed by atoms with E-state index in [9.17, 15) is 9.59 Å². The Balaban J connectivity index is 1.38. The molecule has 1 saturated carbocycles. The first kappa shape index (κ1) is 23.3. The van der Waals surface area contributed by atoms with Crippen molar-refractivity contribution in [1.29, 1.82) is 0 Å². The zero-order chi connectivity index (χ0) is 22.5. The van der Waals surface area contributed by atoms with Crippen LogP contribution in [0.1, 0.15) is 78.5 Å². The topological polar surface area (TPSA) is 86.1 Å². The Hall–Kier alpha value is -1.87. The number of thioether (sulfide) groups is 1. The number of nitrogens with zero attached hydrogens (tertiary/aromatic N) is 3. The van der Waals surface area contributed by atoms with Crippen molar-refractivity contribution in [3.63, 3.8) is 0 Å². The highest BCUT2D eigenvalue weighted by atomic mass is 32.2. The fourth-order valence-corrected chi connectivity index (χ4v) is 6.69. The van der Waals surface area contributed by atoms with Crippen LogP contribution < -0.4 is 5.32 Å². The molecule has 1 amide bonds. The Labute approximate surface area is 197 Å². The molecular formula is C23H32N4O3S2. The van der Waals surface area contributed by atoms with Crippen molar-refractivity contribution >= 4 is 40.0 Å². The first-order chi connectivity index (χ1) is 15.6. The van der Waals surface area contributed by atoms with Crippen molar-refractivity contribution in [3.8, 4) is 0 Å². The van der Waals surface area contributed by atoms with Crippen LogP contribution in [0, 0.1) is 5.92 Å². The van der Waals surface area contributed by atoms with Crippen molar-refractivity contribution < 1.29 is 14.3 Å². The third-order valence-electron chi connectivity index (χ3n) is 6.36. The second-order valence-electron chi connectivity index (χ2n) is 8.64. The SMILES string of the molecule is CCOC(=O)c1c(NC(=O)CSc2nnc(CC3CCCCC3)n2C)sc2c1CCCC2. The van der Waals surface area contributed by atoms with E-state index in [4.69, 9.17) is 4.74 Å². The average molecular weight is 477 g/mol. The minimum Gasteiger partial charge on any atom is -0.462 e. The lowest BCUT2D eigenvalue weighted by Crippen LogP contribution is -2.17. The summed E-state index contributed by atoms with van der Waals surface area (Å²) in [5.41, 5.74) is 1.61. The minimum absolute atomic E-state index is 0.143. The standard InChI is InChI=1S/C23H32N4O3S2/c1-3-30-22(29)20-16-11-7-8-12-17(16)32-21(20)24-19(28)14-31-23-26-25-18(27(23)2)13-15-9-5-4-6-10-15/h15H,3-14H2,1-2H3,(H,24,28). The van der Waals surface area contributed by atoms with Crippen LogP contribution in [0.4, 0.5) is 5.00 Å². The van der Waals surface area contributed by atoms with E-state index in [0.29, 0.717) is 23.1 Å². The van der Waals surface area contributed by atoms with Crippen LogP contribution in [0.15, 0.2) is 5.16 Å². The normalized spacial score (nSPS) is 16.6. The summed E-state index contributed by atoms with van der Waals surface area (Å²) >= 11 is 2.90. The monoisotopic (exact) mass is 476 g/mol. The van der Waals surface area contributed by atoms with E-state index < -0.39 is 0 Å². The van der Waals surface area contributed by atoms with Crippen molar-refractivity contribution in [2.45, 2.75) is 76.3 Å². The Morgan fingerprint density at radius 1 is 1.16 bits per heavy atom. The second kappa shape index (κ2) is 10.8. The second-order valence-corrected chi connectivity index (χ2v) is 10.7. The summed E-state index contributed by atoms with van der Waals surface area (Å²) in [6.45, 7) is 2.12. The molecule has 0 atom stereocenters. The molecule has 9 heteroatoms. The van der Waals surface area contributed by atoms with Gasteiger partial charge >= 0.3 is 5.97 Å². The molecule has 32 heavy (non-hydrogen) atoms. The van der Waals surface area contributed by atoms with Gasteiger partial charge in [0.15, 0.2) is 5.16 Å². The number of aromatic nitrogens is 3. The highest BCUT2D eigenvalue weighted by Gasteiger charge is 2.27. The maximum absolute atomic E-state index is 12.7. The number of anilines is 1. The number of ether oxygens (including phenoxy) is 1. The van der Waals surface area contributed by atoms with E-state index in [1.54, 1.807) is 6.92 Å². The van der Waals surface area contributed by atoms with Gasteiger partial charge in [-0.1, -0.05) is 43.9 Å². The minimum atomic E-state index is -0.337. The van der Waals surface area contributed by atoms with Crippen molar-refractivity contribution in [3.05, 3.63) is 21.8 Å². The molecule has 174 valence electrons. The molecular weight excluding hydrogens is 444 g/mol. The van der Waals surface area contributed by atoms with E-state index in [1.165, 1.54) is 60.1 Å². The fourth-order valence-electron chi connectivity index (χ4n) is 4.66. The van der Waals surface area contributed by atoms with Gasteiger partial charge in [0.25, 0.3) is 0 Å². The molecule has 1 fully saturated rings. The molecule has 1 N–H and O–H groups in total. The summed E-state index contributed by atoms with van der Waals surface area (Å²) in [7, 11) is 1.98. The van der Waals surface area contributed by atoms with Gasteiger partial charge in [-0.2, -0.15) is 0 Å². The van der Waals surface area contributed by atoms with Gasteiger partial charge in [0.1, 0.15) is 10.8 Å². The van der Waals surface area contributed by atoms with Gasteiger partial charge in [-0.15, -0.1) is 21.5 Å². The van der Waals surface area contributed by atoms with Gasteiger partial charge in [0.2, 0.25) is 5.91 Å². The van der Waals surface area contributed by atoms with Crippen molar-refractivity contribution in [2.75, 3.05) is 17.7 Å². The summed E-state index contributed by atoms with van der Waals surface area (Å²) in [4.78, 5) is 26.5. The van der Waals surface area contributed by atoms with E-state index in [1.807, 2.05) is 11.6 Å². The van der Waals surface area contributed by atoms with Gasteiger partial charge in [0, 0.05) is 18.3 Å². The molecule has 2 aromatic rings. The predicted molar refractivity (Wildman–Crippen MR) is 128 cm³/mol. The first-order valence-electron chi connectivity index (χ1n) is 11.7. The fraction of sp³-hybridized carbons (Fsp3) is 0.652. The molecule has 0 unspecified atom stereocenters. The summed E-state index contributed by atoms with van der Waals surface area (Å²) in [5, 5.41) is 13.0. The maximum Gasteiger partial charge on any atom is 0.341 e.